The molecule has 0 fully saturated rings. The van der Waals surface area contributed by atoms with E-state index in [1.54, 1.807) is 12.1 Å². The molecule has 3 heteroatoms. The summed E-state index contributed by atoms with van der Waals surface area (Å²) < 4.78 is 1.82. The summed E-state index contributed by atoms with van der Waals surface area (Å²) >= 11 is 0. The fourth-order valence-electron chi connectivity index (χ4n) is 2.60. The van der Waals surface area contributed by atoms with Gasteiger partial charge in [-0.3, -0.25) is 4.79 Å². The predicted octanol–water partition coefficient (Wildman–Crippen LogP) is 2.73. The van der Waals surface area contributed by atoms with Gasteiger partial charge in [0.05, 0.1) is 6.04 Å². The maximum atomic E-state index is 12.0. The minimum atomic E-state index is 0.0509. The van der Waals surface area contributed by atoms with Crippen LogP contribution in [0.15, 0.2) is 41.2 Å². The number of hydrogen-bond donors (Lipinski definition) is 1. The highest BCUT2D eigenvalue weighted by Gasteiger charge is 2.14. The van der Waals surface area contributed by atoms with Crippen LogP contribution in [-0.4, -0.2) is 11.6 Å². The van der Waals surface area contributed by atoms with E-state index in [9.17, 15) is 4.79 Å². The lowest BCUT2D eigenvalue weighted by atomic mass is 9.99. The fraction of sp³-hybridized carbons (Fsp3) is 0.353. The van der Waals surface area contributed by atoms with Gasteiger partial charge in [-0.25, -0.2) is 0 Å². The standard InChI is InChI=1S/C17H22N2O/c1-12-8-9-15(13(2)10-12)16(18-4)11-19-14(3)6-5-7-17(19)20/h5-10,16,18H,11H2,1-4H3. The van der Waals surface area contributed by atoms with Crippen molar-refractivity contribution in [3.05, 3.63) is 69.1 Å². The van der Waals surface area contributed by atoms with Crippen LogP contribution < -0.4 is 10.9 Å². The van der Waals surface area contributed by atoms with Crippen LogP contribution in [-0.2, 0) is 6.54 Å². The quantitative estimate of drug-likeness (QED) is 0.927. The number of rotatable bonds is 4. The Bertz CT molecular complexity index is 658. The zero-order chi connectivity index (χ0) is 14.7. The molecular weight excluding hydrogens is 248 g/mol. The molecule has 0 aliphatic heterocycles. The third-order valence-electron chi connectivity index (χ3n) is 3.78. The molecule has 2 aromatic rings. The second kappa shape index (κ2) is 6.06. The third-order valence-corrected chi connectivity index (χ3v) is 3.78. The van der Waals surface area contributed by atoms with Gasteiger partial charge in [-0.1, -0.05) is 29.8 Å². The van der Waals surface area contributed by atoms with Gasteiger partial charge in [-0.2, -0.15) is 0 Å². The van der Waals surface area contributed by atoms with Crippen molar-refractivity contribution in [1.82, 2.24) is 9.88 Å². The lowest BCUT2D eigenvalue weighted by molar-refractivity contribution is 0.482. The monoisotopic (exact) mass is 270 g/mol. The van der Waals surface area contributed by atoms with Gasteiger partial charge in [0.1, 0.15) is 0 Å². The average Bonchev–Trinajstić information content (AvgIpc) is 2.40. The van der Waals surface area contributed by atoms with Crippen molar-refractivity contribution in [2.75, 3.05) is 7.05 Å². The van der Waals surface area contributed by atoms with E-state index in [1.165, 1.54) is 16.7 Å². The third kappa shape index (κ3) is 2.99. The van der Waals surface area contributed by atoms with Gasteiger partial charge in [-0.05, 0) is 45.0 Å². The van der Waals surface area contributed by atoms with E-state index in [4.69, 9.17) is 0 Å². The number of nitrogens with zero attached hydrogens (tertiary/aromatic N) is 1. The molecule has 1 heterocycles. The Morgan fingerprint density at radius 1 is 1.15 bits per heavy atom. The zero-order valence-corrected chi connectivity index (χ0v) is 12.6. The summed E-state index contributed by atoms with van der Waals surface area (Å²) in [5.41, 5.74) is 4.80. The van der Waals surface area contributed by atoms with Crippen molar-refractivity contribution in [2.24, 2.45) is 0 Å². The van der Waals surface area contributed by atoms with Crippen molar-refractivity contribution in [1.29, 1.82) is 0 Å². The van der Waals surface area contributed by atoms with E-state index in [1.807, 2.05) is 24.6 Å². The van der Waals surface area contributed by atoms with Crippen molar-refractivity contribution < 1.29 is 0 Å². The van der Waals surface area contributed by atoms with Gasteiger partial charge >= 0.3 is 0 Å². The summed E-state index contributed by atoms with van der Waals surface area (Å²) in [5.74, 6) is 0. The molecule has 0 saturated heterocycles. The maximum Gasteiger partial charge on any atom is 0.250 e. The minimum Gasteiger partial charge on any atom is -0.312 e. The van der Waals surface area contributed by atoms with E-state index in [-0.39, 0.29) is 11.6 Å². The van der Waals surface area contributed by atoms with Crippen LogP contribution in [0.3, 0.4) is 0 Å². The molecule has 20 heavy (non-hydrogen) atoms. The number of aromatic nitrogens is 1. The van der Waals surface area contributed by atoms with Crippen LogP contribution in [0.2, 0.25) is 0 Å². The Hall–Kier alpha value is -1.87. The van der Waals surface area contributed by atoms with Crippen LogP contribution in [0.1, 0.15) is 28.4 Å². The number of pyridine rings is 1. The Kier molecular flexibility index (Phi) is 4.40. The van der Waals surface area contributed by atoms with Crippen LogP contribution in [0.4, 0.5) is 0 Å². The first-order valence-corrected chi connectivity index (χ1v) is 6.94. The SMILES string of the molecule is CNC(Cn1c(C)cccc1=O)c1ccc(C)cc1C. The smallest absolute Gasteiger partial charge is 0.250 e. The van der Waals surface area contributed by atoms with Gasteiger partial charge < -0.3 is 9.88 Å². The summed E-state index contributed by atoms with van der Waals surface area (Å²) in [5, 5.41) is 3.32. The molecule has 0 bridgehead atoms. The molecule has 1 atom stereocenters. The number of aryl methyl sites for hydroxylation is 3. The molecule has 0 radical (unpaired) electrons. The van der Waals surface area contributed by atoms with Crippen molar-refractivity contribution in [3.8, 4) is 0 Å². The van der Waals surface area contributed by atoms with E-state index in [0.29, 0.717) is 6.54 Å². The summed E-state index contributed by atoms with van der Waals surface area (Å²) in [6.45, 7) is 6.83. The van der Waals surface area contributed by atoms with Crippen molar-refractivity contribution in [2.45, 2.75) is 33.4 Å². The van der Waals surface area contributed by atoms with Crippen LogP contribution >= 0.6 is 0 Å². The molecule has 1 aromatic heterocycles. The normalized spacial score (nSPS) is 12.4. The van der Waals surface area contributed by atoms with Gasteiger partial charge in [0.15, 0.2) is 0 Å². The van der Waals surface area contributed by atoms with Crippen molar-refractivity contribution in [3.63, 3.8) is 0 Å². The number of hydrogen-bond acceptors (Lipinski definition) is 2. The summed E-state index contributed by atoms with van der Waals surface area (Å²) in [6, 6.07) is 12.0. The highest BCUT2D eigenvalue weighted by molar-refractivity contribution is 5.32. The van der Waals surface area contributed by atoms with Crippen molar-refractivity contribution >= 4 is 0 Å². The molecule has 0 saturated carbocycles. The molecular formula is C17H22N2O. The Morgan fingerprint density at radius 3 is 2.50 bits per heavy atom. The lowest BCUT2D eigenvalue weighted by Crippen LogP contribution is -2.29. The molecule has 0 amide bonds. The van der Waals surface area contributed by atoms with Crippen LogP contribution in [0.25, 0.3) is 0 Å². The number of nitrogens with one attached hydrogen (secondary N) is 1. The number of benzene rings is 1. The second-order valence-electron chi connectivity index (χ2n) is 5.32. The summed E-state index contributed by atoms with van der Waals surface area (Å²) in [6.07, 6.45) is 0. The molecule has 0 aliphatic rings. The summed E-state index contributed by atoms with van der Waals surface area (Å²) in [4.78, 5) is 12.0. The lowest BCUT2D eigenvalue weighted by Gasteiger charge is -2.21. The molecule has 2 rings (SSSR count). The first-order chi connectivity index (χ1) is 9.52. The van der Waals surface area contributed by atoms with Crippen LogP contribution in [0.5, 0.6) is 0 Å². The van der Waals surface area contributed by atoms with Gasteiger partial charge in [0.2, 0.25) is 0 Å². The first-order valence-electron chi connectivity index (χ1n) is 6.94. The molecule has 0 spiro atoms. The molecule has 3 nitrogen and oxygen atoms in total. The maximum absolute atomic E-state index is 12.0. The topological polar surface area (TPSA) is 34.0 Å². The molecule has 1 aromatic carbocycles. The highest BCUT2D eigenvalue weighted by atomic mass is 16.1. The van der Waals surface area contributed by atoms with Gasteiger partial charge in [-0.15, -0.1) is 0 Å². The highest BCUT2D eigenvalue weighted by Crippen LogP contribution is 2.20. The Morgan fingerprint density at radius 2 is 1.90 bits per heavy atom. The number of likely N-dealkylation sites (N-methyl/N-ethyl adjacent to an activating group) is 1. The molecule has 0 aliphatic carbocycles. The Labute approximate surface area is 120 Å². The van der Waals surface area contributed by atoms with Gasteiger partial charge in [0.25, 0.3) is 5.56 Å². The van der Waals surface area contributed by atoms with Gasteiger partial charge in [0, 0.05) is 18.3 Å². The molecule has 1 N–H and O–H groups in total. The van der Waals surface area contributed by atoms with E-state index >= 15 is 0 Å². The van der Waals surface area contributed by atoms with E-state index in [0.717, 1.165) is 5.69 Å². The van der Waals surface area contributed by atoms with E-state index in [2.05, 4.69) is 37.4 Å². The second-order valence-corrected chi connectivity index (χ2v) is 5.32. The first kappa shape index (κ1) is 14.5. The fourth-order valence-corrected chi connectivity index (χ4v) is 2.60. The largest absolute Gasteiger partial charge is 0.312 e. The minimum absolute atomic E-state index is 0.0509. The summed E-state index contributed by atoms with van der Waals surface area (Å²) in [7, 11) is 1.94. The Balaban J connectivity index is 2.36. The predicted molar refractivity (Wildman–Crippen MR) is 83.2 cm³/mol. The zero-order valence-electron chi connectivity index (χ0n) is 12.6. The van der Waals surface area contributed by atoms with E-state index < -0.39 is 0 Å². The molecule has 1 unspecified atom stereocenters. The average molecular weight is 270 g/mol. The molecule has 106 valence electrons. The van der Waals surface area contributed by atoms with Crippen LogP contribution in [0, 0.1) is 20.8 Å².